The summed E-state index contributed by atoms with van der Waals surface area (Å²) in [6, 6.07) is 8.26. The first-order valence-electron chi connectivity index (χ1n) is 11.8. The number of aromatic carboxylic acids is 1. The molecule has 188 valence electrons. The Morgan fingerprint density at radius 2 is 1.91 bits per heavy atom. The highest BCUT2D eigenvalue weighted by molar-refractivity contribution is 6.31. The van der Waals surface area contributed by atoms with Crippen molar-refractivity contribution in [1.82, 2.24) is 14.8 Å². The third-order valence-electron chi connectivity index (χ3n) is 6.82. The number of hydrogen-bond donors (Lipinski definition) is 3. The van der Waals surface area contributed by atoms with Crippen molar-refractivity contribution in [1.29, 1.82) is 0 Å². The van der Waals surface area contributed by atoms with Crippen molar-refractivity contribution >= 4 is 29.3 Å². The standard InChI is InChI=1S/C25H31ClN4O5/c1-15-11-16(3-4-19(15)26)14-29-9-7-18(8-10-29)30-20(5-6-23(30)31)24(32)28-21-12-17(25(33)34)13-22(27-21)35-2/h3-4,11-13,18,20,23,31H,5-10,14H2,1-2H3,(H,33,34)(H,27,28,32). The fraction of sp³-hybridized carbons (Fsp3) is 0.480. The van der Waals surface area contributed by atoms with Crippen LogP contribution in [-0.2, 0) is 11.3 Å². The predicted molar refractivity (Wildman–Crippen MR) is 132 cm³/mol. The van der Waals surface area contributed by atoms with Crippen molar-refractivity contribution in [3.05, 3.63) is 52.0 Å². The van der Waals surface area contributed by atoms with E-state index in [1.165, 1.54) is 24.8 Å². The SMILES string of the molecule is COc1cc(C(=O)O)cc(NC(=O)C2CCC(O)N2C2CCN(Cc3ccc(Cl)c(C)c3)CC2)n1. The number of aliphatic hydroxyl groups is 1. The molecule has 0 saturated carbocycles. The Kier molecular flexibility index (Phi) is 7.91. The molecule has 2 atom stereocenters. The molecule has 35 heavy (non-hydrogen) atoms. The lowest BCUT2D eigenvalue weighted by molar-refractivity contribution is -0.125. The average Bonchev–Trinajstić information content (AvgIpc) is 3.23. The third-order valence-corrected chi connectivity index (χ3v) is 7.25. The molecule has 0 bridgehead atoms. The number of carbonyl (C=O) groups excluding carboxylic acids is 1. The van der Waals surface area contributed by atoms with E-state index in [0.717, 1.165) is 43.1 Å². The molecule has 0 aliphatic carbocycles. The third kappa shape index (κ3) is 5.92. The summed E-state index contributed by atoms with van der Waals surface area (Å²) in [5, 5.41) is 23.5. The van der Waals surface area contributed by atoms with Gasteiger partial charge in [0.2, 0.25) is 11.8 Å². The minimum absolute atomic E-state index is 0.0290. The zero-order valence-electron chi connectivity index (χ0n) is 19.9. The molecule has 0 radical (unpaired) electrons. The van der Waals surface area contributed by atoms with Gasteiger partial charge >= 0.3 is 5.97 Å². The molecule has 1 amide bonds. The van der Waals surface area contributed by atoms with Crippen LogP contribution in [0.15, 0.2) is 30.3 Å². The van der Waals surface area contributed by atoms with E-state index >= 15 is 0 Å². The molecule has 2 aliphatic heterocycles. The van der Waals surface area contributed by atoms with Crippen LogP contribution in [-0.4, -0.2) is 75.4 Å². The number of ether oxygens (including phenoxy) is 1. The van der Waals surface area contributed by atoms with Crippen LogP contribution in [0.4, 0.5) is 5.82 Å². The molecular formula is C25H31ClN4O5. The van der Waals surface area contributed by atoms with Gasteiger partial charge in [0.15, 0.2) is 0 Å². The first-order valence-corrected chi connectivity index (χ1v) is 12.2. The summed E-state index contributed by atoms with van der Waals surface area (Å²) in [6.45, 7) is 4.57. The number of anilines is 1. The molecule has 10 heteroatoms. The number of likely N-dealkylation sites (tertiary alicyclic amines) is 2. The highest BCUT2D eigenvalue weighted by atomic mass is 35.5. The van der Waals surface area contributed by atoms with E-state index in [9.17, 15) is 19.8 Å². The van der Waals surface area contributed by atoms with Gasteiger partial charge in [-0.1, -0.05) is 23.7 Å². The number of nitrogens with zero attached hydrogens (tertiary/aromatic N) is 3. The van der Waals surface area contributed by atoms with Gasteiger partial charge in [-0.2, -0.15) is 4.98 Å². The number of aromatic nitrogens is 1. The predicted octanol–water partition coefficient (Wildman–Crippen LogP) is 3.14. The van der Waals surface area contributed by atoms with E-state index in [2.05, 4.69) is 21.3 Å². The van der Waals surface area contributed by atoms with Gasteiger partial charge in [-0.3, -0.25) is 14.6 Å². The molecule has 3 heterocycles. The maximum absolute atomic E-state index is 13.1. The second kappa shape index (κ2) is 10.9. The number of nitrogens with one attached hydrogen (secondary N) is 1. The molecule has 2 aliphatic rings. The number of carboxylic acids is 1. The number of hydrogen-bond acceptors (Lipinski definition) is 7. The molecule has 4 rings (SSSR count). The van der Waals surface area contributed by atoms with Crippen molar-refractivity contribution < 1.29 is 24.5 Å². The van der Waals surface area contributed by atoms with Gasteiger partial charge < -0.3 is 20.3 Å². The Labute approximate surface area is 209 Å². The lowest BCUT2D eigenvalue weighted by Gasteiger charge is -2.40. The van der Waals surface area contributed by atoms with Crippen LogP contribution >= 0.6 is 11.6 Å². The summed E-state index contributed by atoms with van der Waals surface area (Å²) < 4.78 is 5.06. The van der Waals surface area contributed by atoms with E-state index in [-0.39, 0.29) is 29.2 Å². The Bertz CT molecular complexity index is 1090. The normalized spacial score (nSPS) is 21.7. The number of carboxylic acid groups (broad SMARTS) is 1. The zero-order chi connectivity index (χ0) is 25.1. The Hall–Kier alpha value is -2.72. The monoisotopic (exact) mass is 502 g/mol. The molecule has 1 aromatic heterocycles. The highest BCUT2D eigenvalue weighted by Crippen LogP contribution is 2.31. The van der Waals surface area contributed by atoms with Crippen LogP contribution in [0, 0.1) is 6.92 Å². The summed E-state index contributed by atoms with van der Waals surface area (Å²) in [5.41, 5.74) is 2.25. The second-order valence-electron chi connectivity index (χ2n) is 9.19. The molecule has 9 nitrogen and oxygen atoms in total. The number of methoxy groups -OCH3 is 1. The maximum Gasteiger partial charge on any atom is 0.336 e. The number of pyridine rings is 1. The second-order valence-corrected chi connectivity index (χ2v) is 9.60. The van der Waals surface area contributed by atoms with Gasteiger partial charge in [0.1, 0.15) is 12.0 Å². The molecule has 2 unspecified atom stereocenters. The summed E-state index contributed by atoms with van der Waals surface area (Å²) in [6.07, 6.45) is 2.03. The van der Waals surface area contributed by atoms with Crippen LogP contribution in [0.2, 0.25) is 5.02 Å². The number of amides is 1. The summed E-state index contributed by atoms with van der Waals surface area (Å²) in [7, 11) is 1.38. The molecule has 2 saturated heterocycles. The quantitative estimate of drug-likeness (QED) is 0.529. The van der Waals surface area contributed by atoms with E-state index in [0.29, 0.717) is 12.8 Å². The zero-order valence-corrected chi connectivity index (χ0v) is 20.7. The van der Waals surface area contributed by atoms with Crippen LogP contribution in [0.3, 0.4) is 0 Å². The van der Waals surface area contributed by atoms with Gasteiger partial charge in [-0.15, -0.1) is 0 Å². The van der Waals surface area contributed by atoms with E-state index in [4.69, 9.17) is 16.3 Å². The number of halogens is 1. The molecule has 3 N–H and O–H groups in total. The van der Waals surface area contributed by atoms with E-state index in [1.807, 2.05) is 24.0 Å². The number of rotatable bonds is 7. The van der Waals surface area contributed by atoms with Crippen molar-refractivity contribution in [2.45, 2.75) is 57.5 Å². The van der Waals surface area contributed by atoms with Crippen molar-refractivity contribution in [2.75, 3.05) is 25.5 Å². The largest absolute Gasteiger partial charge is 0.481 e. The summed E-state index contributed by atoms with van der Waals surface area (Å²) in [4.78, 5) is 33.0. The van der Waals surface area contributed by atoms with Gasteiger partial charge in [-0.25, -0.2) is 4.79 Å². The van der Waals surface area contributed by atoms with Crippen molar-refractivity contribution in [2.24, 2.45) is 0 Å². The van der Waals surface area contributed by atoms with Gasteiger partial charge in [-0.05, 0) is 69.0 Å². The van der Waals surface area contributed by atoms with E-state index in [1.54, 1.807) is 0 Å². The maximum atomic E-state index is 13.1. The number of aliphatic hydroxyl groups excluding tert-OH is 1. The molecule has 0 spiro atoms. The molecule has 2 aromatic rings. The first kappa shape index (κ1) is 25.4. The Balaban J connectivity index is 1.39. The summed E-state index contributed by atoms with van der Waals surface area (Å²) >= 11 is 6.14. The Morgan fingerprint density at radius 1 is 1.17 bits per heavy atom. The molecule has 1 aromatic carbocycles. The Morgan fingerprint density at radius 3 is 2.57 bits per heavy atom. The fourth-order valence-corrected chi connectivity index (χ4v) is 5.14. The first-order chi connectivity index (χ1) is 16.7. The summed E-state index contributed by atoms with van der Waals surface area (Å²) in [5.74, 6) is -1.23. The smallest absolute Gasteiger partial charge is 0.336 e. The molecule has 2 fully saturated rings. The van der Waals surface area contributed by atoms with Crippen LogP contribution in [0.5, 0.6) is 5.88 Å². The topological polar surface area (TPSA) is 115 Å². The number of carbonyl (C=O) groups is 2. The van der Waals surface area contributed by atoms with Crippen LogP contribution in [0.1, 0.15) is 47.2 Å². The minimum Gasteiger partial charge on any atom is -0.481 e. The number of aryl methyl sites for hydroxylation is 1. The van der Waals surface area contributed by atoms with Gasteiger partial charge in [0.05, 0.1) is 18.7 Å². The lowest BCUT2D eigenvalue weighted by atomic mass is 10.0. The highest BCUT2D eigenvalue weighted by Gasteiger charge is 2.42. The lowest BCUT2D eigenvalue weighted by Crippen LogP contribution is -2.52. The minimum atomic E-state index is -1.14. The van der Waals surface area contributed by atoms with Crippen LogP contribution in [0.25, 0.3) is 0 Å². The van der Waals surface area contributed by atoms with Crippen LogP contribution < -0.4 is 10.1 Å². The van der Waals surface area contributed by atoms with Crippen molar-refractivity contribution in [3.8, 4) is 5.88 Å². The van der Waals surface area contributed by atoms with Crippen molar-refractivity contribution in [3.63, 3.8) is 0 Å². The fourth-order valence-electron chi connectivity index (χ4n) is 5.02. The van der Waals surface area contributed by atoms with E-state index < -0.39 is 18.2 Å². The van der Waals surface area contributed by atoms with Gasteiger partial charge in [0.25, 0.3) is 0 Å². The number of benzene rings is 1. The average molecular weight is 503 g/mol. The van der Waals surface area contributed by atoms with Gasteiger partial charge in [0, 0.05) is 23.7 Å². The molecular weight excluding hydrogens is 472 g/mol. The number of piperidine rings is 1.